The van der Waals surface area contributed by atoms with Crippen molar-refractivity contribution in [3.63, 3.8) is 0 Å². The average molecular weight is 332 g/mol. The second kappa shape index (κ2) is 7.39. The van der Waals surface area contributed by atoms with Gasteiger partial charge in [-0.1, -0.05) is 37.0 Å². The number of anilines is 1. The molecule has 0 bridgehead atoms. The Labute approximate surface area is 142 Å². The fourth-order valence-electron chi connectivity index (χ4n) is 3.32. The maximum atomic E-state index is 12.7. The van der Waals surface area contributed by atoms with E-state index in [2.05, 4.69) is 5.32 Å². The second-order valence-corrected chi connectivity index (χ2v) is 7.51. The Balaban J connectivity index is 1.64. The largest absolute Gasteiger partial charge is 0.324 e. The zero-order valence-corrected chi connectivity index (χ0v) is 14.4. The van der Waals surface area contributed by atoms with Gasteiger partial charge in [-0.25, -0.2) is 0 Å². The molecule has 1 aromatic carbocycles. The predicted molar refractivity (Wildman–Crippen MR) is 94.3 cm³/mol. The molecule has 0 aromatic heterocycles. The molecule has 0 spiro atoms. The van der Waals surface area contributed by atoms with E-state index in [1.807, 2.05) is 31.2 Å². The molecule has 1 aromatic rings. The van der Waals surface area contributed by atoms with E-state index >= 15 is 0 Å². The molecule has 1 aliphatic heterocycles. The van der Waals surface area contributed by atoms with E-state index in [-0.39, 0.29) is 23.8 Å². The molecule has 1 atom stereocenters. The van der Waals surface area contributed by atoms with Crippen LogP contribution in [0.5, 0.6) is 0 Å². The summed E-state index contributed by atoms with van der Waals surface area (Å²) in [7, 11) is 0. The Hall–Kier alpha value is -1.49. The van der Waals surface area contributed by atoms with Gasteiger partial charge in [-0.3, -0.25) is 9.59 Å². The van der Waals surface area contributed by atoms with Crippen molar-refractivity contribution in [1.82, 2.24) is 4.90 Å². The summed E-state index contributed by atoms with van der Waals surface area (Å²) in [5.74, 6) is 1.57. The van der Waals surface area contributed by atoms with Crippen LogP contribution in [0.1, 0.15) is 37.7 Å². The van der Waals surface area contributed by atoms with Gasteiger partial charge in [0.15, 0.2) is 0 Å². The molecule has 1 saturated heterocycles. The maximum Gasteiger partial charge on any atom is 0.248 e. The molecule has 3 rings (SSSR count). The van der Waals surface area contributed by atoms with Crippen molar-refractivity contribution in [2.24, 2.45) is 5.92 Å². The topological polar surface area (TPSA) is 49.4 Å². The molecule has 2 fully saturated rings. The van der Waals surface area contributed by atoms with E-state index < -0.39 is 0 Å². The fourth-order valence-corrected chi connectivity index (χ4v) is 4.49. The highest BCUT2D eigenvalue weighted by Gasteiger charge is 2.37. The monoisotopic (exact) mass is 332 g/mol. The van der Waals surface area contributed by atoms with Gasteiger partial charge >= 0.3 is 0 Å². The van der Waals surface area contributed by atoms with Crippen molar-refractivity contribution in [2.75, 3.05) is 16.9 Å². The summed E-state index contributed by atoms with van der Waals surface area (Å²) >= 11 is 1.67. The number of nitrogens with one attached hydrogen (secondary N) is 1. The lowest BCUT2D eigenvalue weighted by molar-refractivity contribution is -0.140. The third-order valence-corrected chi connectivity index (χ3v) is 5.75. The summed E-state index contributed by atoms with van der Waals surface area (Å²) < 4.78 is 0. The fraction of sp³-hybridized carbons (Fsp3) is 0.556. The van der Waals surface area contributed by atoms with E-state index in [1.165, 1.54) is 6.42 Å². The summed E-state index contributed by atoms with van der Waals surface area (Å²) in [6.45, 7) is 2.02. The summed E-state index contributed by atoms with van der Waals surface area (Å²) in [6.07, 6.45) is 5.46. The SMILES string of the molecule is Cc1ccc(NC(=O)C2CSCN2C(=O)C2CCCCC2)cc1. The number of aryl methyl sites for hydroxylation is 1. The molecule has 0 radical (unpaired) electrons. The molecule has 4 nitrogen and oxygen atoms in total. The van der Waals surface area contributed by atoms with Crippen LogP contribution in [0.2, 0.25) is 0 Å². The van der Waals surface area contributed by atoms with Crippen molar-refractivity contribution >= 4 is 29.3 Å². The van der Waals surface area contributed by atoms with Gasteiger partial charge in [-0.05, 0) is 31.9 Å². The lowest BCUT2D eigenvalue weighted by atomic mass is 9.88. The molecule has 23 heavy (non-hydrogen) atoms. The Bertz CT molecular complexity index is 567. The number of carbonyl (C=O) groups excluding carboxylic acids is 2. The van der Waals surface area contributed by atoms with E-state index in [0.29, 0.717) is 11.6 Å². The minimum atomic E-state index is -0.337. The zero-order valence-electron chi connectivity index (χ0n) is 13.6. The van der Waals surface area contributed by atoms with Crippen LogP contribution in [0.3, 0.4) is 0 Å². The molecule has 2 aliphatic rings. The first kappa shape index (κ1) is 16.4. The van der Waals surface area contributed by atoms with Crippen molar-refractivity contribution < 1.29 is 9.59 Å². The minimum absolute atomic E-state index is 0.0667. The third kappa shape index (κ3) is 3.89. The number of benzene rings is 1. The van der Waals surface area contributed by atoms with E-state index in [1.54, 1.807) is 16.7 Å². The van der Waals surface area contributed by atoms with E-state index in [9.17, 15) is 9.59 Å². The van der Waals surface area contributed by atoms with Crippen molar-refractivity contribution in [1.29, 1.82) is 0 Å². The summed E-state index contributed by atoms with van der Waals surface area (Å²) in [5, 5.41) is 2.95. The first-order valence-electron chi connectivity index (χ1n) is 8.41. The van der Waals surface area contributed by atoms with Gasteiger partial charge in [0, 0.05) is 17.4 Å². The summed E-state index contributed by atoms with van der Waals surface area (Å²) in [4.78, 5) is 27.1. The van der Waals surface area contributed by atoms with Crippen molar-refractivity contribution in [3.05, 3.63) is 29.8 Å². The van der Waals surface area contributed by atoms with Gasteiger partial charge in [0.05, 0.1) is 5.88 Å². The van der Waals surface area contributed by atoms with Gasteiger partial charge in [0.25, 0.3) is 0 Å². The molecule has 1 saturated carbocycles. The van der Waals surface area contributed by atoms with Gasteiger partial charge in [-0.15, -0.1) is 11.8 Å². The van der Waals surface area contributed by atoms with Gasteiger partial charge in [0.1, 0.15) is 6.04 Å². The van der Waals surface area contributed by atoms with Crippen LogP contribution in [0.25, 0.3) is 0 Å². The number of hydrogen-bond donors (Lipinski definition) is 1. The standard InChI is InChI=1S/C18H24N2O2S/c1-13-7-9-15(10-8-13)19-17(21)16-11-23-12-20(16)18(22)14-5-3-2-4-6-14/h7-10,14,16H,2-6,11-12H2,1H3,(H,19,21). The van der Waals surface area contributed by atoms with Gasteiger partial charge in [0.2, 0.25) is 11.8 Å². The van der Waals surface area contributed by atoms with Gasteiger partial charge < -0.3 is 10.2 Å². The summed E-state index contributed by atoms with van der Waals surface area (Å²) in [6, 6.07) is 7.43. The second-order valence-electron chi connectivity index (χ2n) is 6.51. The van der Waals surface area contributed by atoms with Crippen LogP contribution >= 0.6 is 11.8 Å². The maximum absolute atomic E-state index is 12.7. The molecular formula is C18H24N2O2S. The van der Waals surface area contributed by atoms with Crippen molar-refractivity contribution in [2.45, 2.75) is 45.1 Å². The number of rotatable bonds is 3. The molecule has 1 heterocycles. The highest BCUT2D eigenvalue weighted by Crippen LogP contribution is 2.30. The lowest BCUT2D eigenvalue weighted by Gasteiger charge is -2.29. The lowest BCUT2D eigenvalue weighted by Crippen LogP contribution is -2.47. The Morgan fingerprint density at radius 1 is 1.13 bits per heavy atom. The van der Waals surface area contributed by atoms with Crippen LogP contribution in [0, 0.1) is 12.8 Å². The smallest absolute Gasteiger partial charge is 0.248 e. The number of amides is 2. The third-order valence-electron chi connectivity index (χ3n) is 4.74. The van der Waals surface area contributed by atoms with Crippen LogP contribution in [0.15, 0.2) is 24.3 Å². The zero-order chi connectivity index (χ0) is 16.2. The van der Waals surface area contributed by atoms with Crippen LogP contribution in [0.4, 0.5) is 5.69 Å². The number of carbonyl (C=O) groups is 2. The molecule has 124 valence electrons. The van der Waals surface area contributed by atoms with E-state index in [0.717, 1.165) is 36.9 Å². The molecule has 1 aliphatic carbocycles. The van der Waals surface area contributed by atoms with E-state index in [4.69, 9.17) is 0 Å². The number of thioether (sulfide) groups is 1. The normalized spacial score (nSPS) is 22.1. The quantitative estimate of drug-likeness (QED) is 0.923. The molecule has 2 amide bonds. The highest BCUT2D eigenvalue weighted by atomic mass is 32.2. The molecule has 1 unspecified atom stereocenters. The first-order chi connectivity index (χ1) is 11.1. The predicted octanol–water partition coefficient (Wildman–Crippen LogP) is 3.42. The molecule has 1 N–H and O–H groups in total. The minimum Gasteiger partial charge on any atom is -0.324 e. The number of hydrogen-bond acceptors (Lipinski definition) is 3. The van der Waals surface area contributed by atoms with Crippen molar-refractivity contribution in [3.8, 4) is 0 Å². The van der Waals surface area contributed by atoms with Crippen LogP contribution in [-0.2, 0) is 9.59 Å². The number of nitrogens with zero attached hydrogens (tertiary/aromatic N) is 1. The Morgan fingerprint density at radius 3 is 2.52 bits per heavy atom. The average Bonchev–Trinajstić information content (AvgIpc) is 3.07. The molecular weight excluding hydrogens is 308 g/mol. The summed E-state index contributed by atoms with van der Waals surface area (Å²) in [5.41, 5.74) is 1.95. The van der Waals surface area contributed by atoms with Crippen LogP contribution in [-0.4, -0.2) is 34.4 Å². The van der Waals surface area contributed by atoms with Gasteiger partial charge in [-0.2, -0.15) is 0 Å². The Kier molecular flexibility index (Phi) is 5.26. The molecule has 5 heteroatoms. The Morgan fingerprint density at radius 2 is 1.83 bits per heavy atom. The highest BCUT2D eigenvalue weighted by molar-refractivity contribution is 7.99. The van der Waals surface area contributed by atoms with Crippen LogP contribution < -0.4 is 5.32 Å². The first-order valence-corrected chi connectivity index (χ1v) is 9.56.